The van der Waals surface area contributed by atoms with Gasteiger partial charge >= 0.3 is 17.6 Å². The first kappa shape index (κ1) is 22.4. The maximum atomic E-state index is 14.3. The number of thiophene rings is 1. The summed E-state index contributed by atoms with van der Waals surface area (Å²) < 4.78 is 72.4. The average molecular weight is 465 g/mol. The Kier molecular flexibility index (Phi) is 6.32. The fourth-order valence-electron chi connectivity index (χ4n) is 3.11. The Morgan fingerprint density at radius 3 is 2.63 bits per heavy atom. The van der Waals surface area contributed by atoms with Crippen molar-refractivity contribution in [3.05, 3.63) is 46.2 Å². The lowest BCUT2D eigenvalue weighted by molar-refractivity contribution is -0.136. The van der Waals surface area contributed by atoms with E-state index in [0.29, 0.717) is 27.0 Å². The van der Waals surface area contributed by atoms with Crippen LogP contribution in [0, 0.1) is 12.7 Å². The number of nitrogens with zero attached hydrogens (tertiary/aromatic N) is 1. The topological polar surface area (TPSA) is 51.5 Å². The standard InChI is InChI=1S/C19H16F5NO3S2/c1-9-11(6-16(26)27)12-5-15(28-2)13(20)7-14(12)25(9)8-10-3-4-17(29-10)30-19(23,24)18(21)22/h3-5,7,18H,6,8H2,1-2H3,(H,26,27). The van der Waals surface area contributed by atoms with Crippen LogP contribution < -0.4 is 4.74 Å². The van der Waals surface area contributed by atoms with Gasteiger partial charge in [-0.25, -0.2) is 13.2 Å². The molecule has 0 atom stereocenters. The number of fused-ring (bicyclic) bond motifs is 1. The first-order valence-electron chi connectivity index (χ1n) is 8.54. The highest BCUT2D eigenvalue weighted by atomic mass is 32.2. The molecular weight excluding hydrogens is 449 g/mol. The summed E-state index contributed by atoms with van der Waals surface area (Å²) in [4.78, 5) is 11.9. The summed E-state index contributed by atoms with van der Waals surface area (Å²) in [6.45, 7) is 1.82. The molecule has 0 aliphatic heterocycles. The maximum absolute atomic E-state index is 14.3. The highest BCUT2D eigenvalue weighted by Crippen LogP contribution is 2.43. The normalized spacial score (nSPS) is 12.1. The molecule has 0 bridgehead atoms. The molecule has 0 aliphatic carbocycles. The van der Waals surface area contributed by atoms with Crippen molar-refractivity contribution in [1.82, 2.24) is 4.57 Å². The molecule has 0 spiro atoms. The molecule has 0 fully saturated rings. The Hall–Kier alpha value is -2.27. The zero-order valence-electron chi connectivity index (χ0n) is 15.7. The zero-order chi connectivity index (χ0) is 22.2. The number of carboxylic acid groups (broad SMARTS) is 1. The SMILES string of the molecule is COc1cc2c(CC(=O)O)c(C)n(Cc3ccc(SC(F)(F)C(F)F)s3)c2cc1F. The van der Waals surface area contributed by atoms with E-state index in [1.54, 1.807) is 11.5 Å². The van der Waals surface area contributed by atoms with Crippen molar-refractivity contribution in [3.8, 4) is 5.75 Å². The molecular formula is C19H16F5NO3S2. The number of benzene rings is 1. The number of methoxy groups -OCH3 is 1. The van der Waals surface area contributed by atoms with Crippen molar-refractivity contribution < 1.29 is 36.6 Å². The highest BCUT2D eigenvalue weighted by molar-refractivity contribution is 8.02. The molecule has 162 valence electrons. The highest BCUT2D eigenvalue weighted by Gasteiger charge is 2.42. The van der Waals surface area contributed by atoms with E-state index >= 15 is 0 Å². The Balaban J connectivity index is 2.01. The molecule has 0 saturated heterocycles. The summed E-state index contributed by atoms with van der Waals surface area (Å²) in [6, 6.07) is 5.49. The van der Waals surface area contributed by atoms with Crippen LogP contribution in [-0.2, 0) is 17.8 Å². The Morgan fingerprint density at radius 1 is 1.33 bits per heavy atom. The van der Waals surface area contributed by atoms with Gasteiger partial charge in [-0.15, -0.1) is 11.3 Å². The summed E-state index contributed by atoms with van der Waals surface area (Å²) in [5.74, 6) is -1.73. The van der Waals surface area contributed by atoms with E-state index in [0.717, 1.165) is 11.3 Å². The molecule has 1 aromatic carbocycles. The van der Waals surface area contributed by atoms with E-state index in [2.05, 4.69) is 0 Å². The number of ether oxygens (including phenoxy) is 1. The lowest BCUT2D eigenvalue weighted by atomic mass is 10.1. The van der Waals surface area contributed by atoms with Gasteiger partial charge in [0, 0.05) is 22.0 Å². The third-order valence-electron chi connectivity index (χ3n) is 4.50. The monoisotopic (exact) mass is 465 g/mol. The Morgan fingerprint density at radius 2 is 2.03 bits per heavy atom. The van der Waals surface area contributed by atoms with Crippen LogP contribution >= 0.6 is 23.1 Å². The second kappa shape index (κ2) is 8.46. The van der Waals surface area contributed by atoms with E-state index in [9.17, 15) is 31.9 Å². The van der Waals surface area contributed by atoms with Gasteiger partial charge in [-0.3, -0.25) is 4.79 Å². The van der Waals surface area contributed by atoms with Gasteiger partial charge in [-0.1, -0.05) is 0 Å². The van der Waals surface area contributed by atoms with Gasteiger partial charge in [0.15, 0.2) is 11.6 Å². The first-order valence-corrected chi connectivity index (χ1v) is 10.2. The summed E-state index contributed by atoms with van der Waals surface area (Å²) in [5, 5.41) is 5.54. The number of rotatable bonds is 8. The van der Waals surface area contributed by atoms with Crippen LogP contribution in [0.5, 0.6) is 5.75 Å². The third-order valence-corrected chi connectivity index (χ3v) is 6.65. The van der Waals surface area contributed by atoms with Crippen LogP contribution in [0.25, 0.3) is 10.9 Å². The lowest BCUT2D eigenvalue weighted by Gasteiger charge is -2.12. The van der Waals surface area contributed by atoms with Crippen molar-refractivity contribution in [2.75, 3.05) is 7.11 Å². The molecule has 30 heavy (non-hydrogen) atoms. The summed E-state index contributed by atoms with van der Waals surface area (Å²) in [5.41, 5.74) is 1.47. The van der Waals surface area contributed by atoms with Crippen molar-refractivity contribution in [2.24, 2.45) is 0 Å². The molecule has 0 unspecified atom stereocenters. The molecule has 11 heteroatoms. The van der Waals surface area contributed by atoms with Crippen molar-refractivity contribution >= 4 is 40.0 Å². The minimum Gasteiger partial charge on any atom is -0.494 e. The van der Waals surface area contributed by atoms with Gasteiger partial charge in [-0.2, -0.15) is 8.78 Å². The molecule has 0 amide bonds. The van der Waals surface area contributed by atoms with Crippen LogP contribution in [0.3, 0.4) is 0 Å². The minimum absolute atomic E-state index is 0.0167. The first-order chi connectivity index (χ1) is 14.0. The van der Waals surface area contributed by atoms with E-state index in [4.69, 9.17) is 4.74 Å². The van der Waals surface area contributed by atoms with Crippen molar-refractivity contribution in [1.29, 1.82) is 0 Å². The molecule has 2 aromatic heterocycles. The predicted molar refractivity (Wildman–Crippen MR) is 105 cm³/mol. The molecule has 0 aliphatic rings. The predicted octanol–water partition coefficient (Wildman–Crippen LogP) is 5.78. The van der Waals surface area contributed by atoms with E-state index in [1.165, 1.54) is 31.4 Å². The number of hydrogen-bond donors (Lipinski definition) is 1. The number of alkyl halides is 4. The molecule has 2 heterocycles. The van der Waals surface area contributed by atoms with Crippen molar-refractivity contribution in [3.63, 3.8) is 0 Å². The van der Waals surface area contributed by atoms with E-state index < -0.39 is 23.5 Å². The van der Waals surface area contributed by atoms with Gasteiger partial charge in [0.1, 0.15) is 0 Å². The number of carboxylic acids is 1. The maximum Gasteiger partial charge on any atom is 0.358 e. The molecule has 4 nitrogen and oxygen atoms in total. The largest absolute Gasteiger partial charge is 0.494 e. The van der Waals surface area contributed by atoms with Gasteiger partial charge < -0.3 is 14.4 Å². The lowest BCUT2D eigenvalue weighted by Crippen LogP contribution is -2.21. The number of carbonyl (C=O) groups is 1. The van der Waals surface area contributed by atoms with Crippen LogP contribution in [0.4, 0.5) is 22.0 Å². The molecule has 0 saturated carbocycles. The second-order valence-electron chi connectivity index (χ2n) is 6.41. The second-order valence-corrected chi connectivity index (χ2v) is 9.02. The Bertz CT molecular complexity index is 1090. The number of halogens is 5. The number of hydrogen-bond acceptors (Lipinski definition) is 4. The average Bonchev–Trinajstić information content (AvgIpc) is 3.18. The molecule has 3 rings (SSSR count). The number of aliphatic carboxylic acids is 1. The van der Waals surface area contributed by atoms with Crippen molar-refractivity contribution in [2.45, 2.75) is 35.8 Å². The summed E-state index contributed by atoms with van der Waals surface area (Å²) in [6.07, 6.45) is -4.09. The molecule has 0 radical (unpaired) electrons. The van der Waals surface area contributed by atoms with Crippen LogP contribution in [0.15, 0.2) is 28.5 Å². The van der Waals surface area contributed by atoms with Crippen LogP contribution in [-0.4, -0.2) is 34.4 Å². The number of aromatic nitrogens is 1. The van der Waals surface area contributed by atoms with Gasteiger partial charge in [0.25, 0.3) is 0 Å². The number of thioether (sulfide) groups is 1. The zero-order valence-corrected chi connectivity index (χ0v) is 17.4. The van der Waals surface area contributed by atoms with Crippen LogP contribution in [0.2, 0.25) is 0 Å². The van der Waals surface area contributed by atoms with Gasteiger partial charge in [0.05, 0.1) is 29.8 Å². The molecule has 1 N–H and O–H groups in total. The van der Waals surface area contributed by atoms with E-state index in [-0.39, 0.29) is 34.7 Å². The Labute approximate surface area is 176 Å². The minimum atomic E-state index is -4.20. The summed E-state index contributed by atoms with van der Waals surface area (Å²) >= 11 is 0.704. The van der Waals surface area contributed by atoms with Gasteiger partial charge in [-0.05, 0) is 42.4 Å². The fourth-order valence-corrected chi connectivity index (χ4v) is 5.15. The fraction of sp³-hybridized carbons (Fsp3) is 0.316. The van der Waals surface area contributed by atoms with Gasteiger partial charge in [0.2, 0.25) is 0 Å². The summed E-state index contributed by atoms with van der Waals surface area (Å²) in [7, 11) is 1.30. The van der Waals surface area contributed by atoms with Crippen LogP contribution in [0.1, 0.15) is 16.1 Å². The quantitative estimate of drug-likeness (QED) is 0.338. The van der Waals surface area contributed by atoms with E-state index in [1.807, 2.05) is 0 Å². The third kappa shape index (κ3) is 4.41. The molecule has 3 aromatic rings. The smallest absolute Gasteiger partial charge is 0.358 e.